The lowest BCUT2D eigenvalue weighted by atomic mass is 9.66. The minimum Gasteiger partial charge on any atom is -0.455 e. The summed E-state index contributed by atoms with van der Waals surface area (Å²) >= 11 is 1.80. The maximum atomic E-state index is 6.67. The molecule has 0 saturated heterocycles. The molecule has 2 aromatic carbocycles. The highest BCUT2D eigenvalue weighted by molar-refractivity contribution is 7.17. The van der Waals surface area contributed by atoms with E-state index in [1.54, 1.807) is 11.3 Å². The van der Waals surface area contributed by atoms with Gasteiger partial charge in [0.1, 0.15) is 18.5 Å². The number of aryl methyl sites for hydroxylation is 2. The molecule has 1 fully saturated rings. The number of thiophene rings is 1. The van der Waals surface area contributed by atoms with Gasteiger partial charge >= 0.3 is 0 Å². The zero-order valence-corrected chi connectivity index (χ0v) is 20.4. The summed E-state index contributed by atoms with van der Waals surface area (Å²) in [5.74, 6) is 2.69. The summed E-state index contributed by atoms with van der Waals surface area (Å²) in [6, 6.07) is 11.6. The number of hydrogen-bond donors (Lipinski definition) is 0. The Labute approximate surface area is 194 Å². The molecular weight excluding hydrogens is 410 g/mol. The third kappa shape index (κ3) is 2.86. The van der Waals surface area contributed by atoms with E-state index in [-0.39, 0.29) is 0 Å². The summed E-state index contributed by atoms with van der Waals surface area (Å²) < 4.78 is 10.2. The minimum absolute atomic E-state index is 0.571. The van der Waals surface area contributed by atoms with E-state index in [0.717, 1.165) is 11.5 Å². The van der Waals surface area contributed by atoms with Gasteiger partial charge in [0.15, 0.2) is 6.20 Å². The average Bonchev–Trinajstić information content (AvgIpc) is 3.29. The number of nitrogens with zero attached hydrogens (tertiary/aromatic N) is 1. The smallest absolute Gasteiger partial charge is 0.228 e. The second-order valence-electron chi connectivity index (χ2n) is 10.0. The molecule has 2 aromatic heterocycles. The molecular formula is C29H32NOS+. The quantitative estimate of drug-likeness (QED) is 0.256. The Bertz CT molecular complexity index is 1350. The Hall–Kier alpha value is -2.39. The predicted molar refractivity (Wildman–Crippen MR) is 135 cm³/mol. The largest absolute Gasteiger partial charge is 0.455 e. The number of aromatic nitrogens is 1. The number of benzene rings is 2. The molecule has 0 N–H and O–H groups in total. The van der Waals surface area contributed by atoms with Crippen LogP contribution in [0.25, 0.3) is 32.1 Å². The topological polar surface area (TPSA) is 13.1 Å². The van der Waals surface area contributed by atoms with Crippen LogP contribution in [-0.2, 0) is 7.05 Å². The molecule has 2 aliphatic rings. The van der Waals surface area contributed by atoms with Crippen molar-refractivity contribution in [1.82, 2.24) is 0 Å². The second-order valence-corrected chi connectivity index (χ2v) is 11.0. The van der Waals surface area contributed by atoms with Gasteiger partial charge in [-0.15, -0.1) is 11.3 Å². The summed E-state index contributed by atoms with van der Waals surface area (Å²) in [6.07, 6.45) is 10.2. The molecule has 0 unspecified atom stereocenters. The molecule has 3 heteroatoms. The van der Waals surface area contributed by atoms with Gasteiger partial charge in [0.05, 0.1) is 10.9 Å². The van der Waals surface area contributed by atoms with Gasteiger partial charge in [0.2, 0.25) is 5.69 Å². The van der Waals surface area contributed by atoms with Gasteiger partial charge in [-0.2, -0.15) is 0 Å². The van der Waals surface area contributed by atoms with E-state index < -0.39 is 0 Å². The number of ether oxygens (including phenoxy) is 1. The van der Waals surface area contributed by atoms with Crippen LogP contribution in [0.2, 0.25) is 0 Å². The highest BCUT2D eigenvalue weighted by Gasteiger charge is 2.35. The van der Waals surface area contributed by atoms with E-state index in [1.807, 2.05) is 0 Å². The molecule has 0 radical (unpaired) electrons. The Kier molecular flexibility index (Phi) is 4.62. The summed E-state index contributed by atoms with van der Waals surface area (Å²) in [4.78, 5) is 0. The van der Waals surface area contributed by atoms with Gasteiger partial charge in [-0.05, 0) is 89.4 Å². The molecule has 2 nitrogen and oxygen atoms in total. The highest BCUT2D eigenvalue weighted by atomic mass is 32.1. The van der Waals surface area contributed by atoms with Crippen LogP contribution in [0.1, 0.15) is 69.4 Å². The van der Waals surface area contributed by atoms with Crippen LogP contribution >= 0.6 is 11.3 Å². The summed E-state index contributed by atoms with van der Waals surface area (Å²) in [5, 5.41) is 6.09. The number of fused-ring (bicyclic) bond motifs is 3. The molecule has 0 bridgehead atoms. The Morgan fingerprint density at radius 3 is 2.59 bits per heavy atom. The van der Waals surface area contributed by atoms with Gasteiger partial charge < -0.3 is 4.74 Å². The molecule has 1 aliphatic carbocycles. The van der Waals surface area contributed by atoms with Crippen molar-refractivity contribution in [3.05, 3.63) is 53.0 Å². The van der Waals surface area contributed by atoms with Crippen molar-refractivity contribution in [2.45, 2.75) is 65.2 Å². The van der Waals surface area contributed by atoms with Crippen molar-refractivity contribution in [3.8, 4) is 22.8 Å². The van der Waals surface area contributed by atoms with E-state index >= 15 is 0 Å². The van der Waals surface area contributed by atoms with Gasteiger partial charge in [-0.25, -0.2) is 4.57 Å². The van der Waals surface area contributed by atoms with Gasteiger partial charge in [0.25, 0.3) is 0 Å². The van der Waals surface area contributed by atoms with E-state index in [4.69, 9.17) is 4.74 Å². The predicted octanol–water partition coefficient (Wildman–Crippen LogP) is 8.42. The standard InChI is InChI=1S/C29H32NOS/c1-5-29(6-2)11-7-19(8-12-29)21-15-20-9-13-30(4)28-26-18(3)22-10-14-32-25(22)17-24(26)31-23(16-21)27(20)28/h9-10,13-17,19H,5-8,11-12H2,1-4H3/q+1. The Balaban J connectivity index is 1.50. The van der Waals surface area contributed by atoms with Crippen molar-refractivity contribution in [3.63, 3.8) is 0 Å². The van der Waals surface area contributed by atoms with Crippen LogP contribution in [0.3, 0.4) is 0 Å². The average molecular weight is 443 g/mol. The van der Waals surface area contributed by atoms with E-state index in [0.29, 0.717) is 11.3 Å². The third-order valence-electron chi connectivity index (χ3n) is 8.68. The zero-order chi connectivity index (χ0) is 22.0. The lowest BCUT2D eigenvalue weighted by Crippen LogP contribution is -2.32. The Morgan fingerprint density at radius 2 is 1.84 bits per heavy atom. The van der Waals surface area contributed by atoms with Gasteiger partial charge in [-0.3, -0.25) is 0 Å². The van der Waals surface area contributed by atoms with Crippen LogP contribution in [0.4, 0.5) is 0 Å². The fourth-order valence-electron chi connectivity index (χ4n) is 6.37. The molecule has 6 rings (SSSR count). The van der Waals surface area contributed by atoms with Crippen molar-refractivity contribution in [2.75, 3.05) is 0 Å². The minimum atomic E-state index is 0.571. The lowest BCUT2D eigenvalue weighted by molar-refractivity contribution is -0.659. The van der Waals surface area contributed by atoms with Crippen molar-refractivity contribution in [1.29, 1.82) is 0 Å². The first-order valence-electron chi connectivity index (χ1n) is 12.2. The summed E-state index contributed by atoms with van der Waals surface area (Å²) in [6.45, 7) is 7.00. The number of hydrogen-bond acceptors (Lipinski definition) is 2. The SMILES string of the molecule is CCC1(CC)CCC(c2cc3c4c([n+](C)ccc4c2)-c2c(cc4sccc4c2C)O3)CC1. The van der Waals surface area contributed by atoms with Crippen LogP contribution < -0.4 is 9.30 Å². The molecule has 0 atom stereocenters. The first-order valence-corrected chi connectivity index (χ1v) is 13.1. The molecule has 4 aromatic rings. The normalized spacial score (nSPS) is 17.5. The molecule has 1 aliphatic heterocycles. The van der Waals surface area contributed by atoms with E-state index in [2.05, 4.69) is 74.3 Å². The van der Waals surface area contributed by atoms with Gasteiger partial charge in [-0.1, -0.05) is 32.8 Å². The molecule has 0 amide bonds. The molecule has 0 spiro atoms. The van der Waals surface area contributed by atoms with Crippen molar-refractivity contribution in [2.24, 2.45) is 12.5 Å². The van der Waals surface area contributed by atoms with Crippen LogP contribution in [0.15, 0.2) is 41.9 Å². The molecule has 1 saturated carbocycles. The van der Waals surface area contributed by atoms with Crippen LogP contribution in [-0.4, -0.2) is 0 Å². The third-order valence-corrected chi connectivity index (χ3v) is 9.54. The molecule has 32 heavy (non-hydrogen) atoms. The monoisotopic (exact) mass is 442 g/mol. The van der Waals surface area contributed by atoms with Crippen LogP contribution in [0.5, 0.6) is 11.5 Å². The highest BCUT2D eigenvalue weighted by Crippen LogP contribution is 2.52. The van der Waals surface area contributed by atoms with Crippen LogP contribution in [0, 0.1) is 12.3 Å². The van der Waals surface area contributed by atoms with E-state index in [9.17, 15) is 0 Å². The second kappa shape index (κ2) is 7.31. The fraction of sp³-hybridized carbons (Fsp3) is 0.414. The van der Waals surface area contributed by atoms with Crippen molar-refractivity contribution < 1.29 is 9.30 Å². The molecule has 164 valence electrons. The molecule has 3 heterocycles. The maximum absolute atomic E-state index is 6.67. The number of rotatable bonds is 3. The first kappa shape index (κ1) is 20.2. The zero-order valence-electron chi connectivity index (χ0n) is 19.6. The summed E-state index contributed by atoms with van der Waals surface area (Å²) in [7, 11) is 2.16. The number of pyridine rings is 1. The fourth-order valence-corrected chi connectivity index (χ4v) is 7.25. The first-order chi connectivity index (χ1) is 15.5. The maximum Gasteiger partial charge on any atom is 0.228 e. The lowest BCUT2D eigenvalue weighted by Gasteiger charge is -2.39. The Morgan fingerprint density at radius 1 is 1.06 bits per heavy atom. The summed E-state index contributed by atoms with van der Waals surface area (Å²) in [5.41, 5.74) is 5.89. The van der Waals surface area contributed by atoms with E-state index in [1.165, 1.54) is 81.8 Å². The van der Waals surface area contributed by atoms with Crippen molar-refractivity contribution >= 4 is 32.2 Å². The van der Waals surface area contributed by atoms with Gasteiger partial charge in [0, 0.05) is 10.8 Å².